The number of hydrogen-bond acceptors (Lipinski definition) is 8. The number of thioether (sulfide) groups is 1. The molecule has 0 saturated heterocycles. The molecule has 0 aliphatic rings. The van der Waals surface area contributed by atoms with Crippen LogP contribution in [0.3, 0.4) is 0 Å². The van der Waals surface area contributed by atoms with Gasteiger partial charge < -0.3 is 0 Å². The third-order valence-corrected chi connectivity index (χ3v) is 7.36. The summed E-state index contributed by atoms with van der Waals surface area (Å²) in [5.41, 5.74) is 2.16. The molecule has 0 fully saturated rings. The first-order valence-corrected chi connectivity index (χ1v) is 13.1. The molecule has 2 aromatic carbocycles. The Morgan fingerprint density at radius 2 is 1.81 bits per heavy atom. The van der Waals surface area contributed by atoms with Crippen LogP contribution in [0.25, 0.3) is 22.4 Å². The molecule has 37 heavy (non-hydrogen) atoms. The SMILES string of the molecule is O=C(CSc1nc2nccnc2c(=O)n1CCc1cccc(F)c1)Cc1nc(-c2ccc(F)cc2)cs1. The van der Waals surface area contributed by atoms with E-state index < -0.39 is 0 Å². The summed E-state index contributed by atoms with van der Waals surface area (Å²) in [7, 11) is 0. The molecule has 7 nitrogen and oxygen atoms in total. The molecule has 0 saturated carbocycles. The lowest BCUT2D eigenvalue weighted by atomic mass is 10.1. The Bertz CT molecular complexity index is 1640. The minimum Gasteiger partial charge on any atom is -0.298 e. The number of carbonyl (C=O) groups excluding carboxylic acids is 1. The molecule has 0 radical (unpaired) electrons. The van der Waals surface area contributed by atoms with Crippen molar-refractivity contribution in [3.05, 3.63) is 98.9 Å². The first-order chi connectivity index (χ1) is 18.0. The molecule has 0 atom stereocenters. The summed E-state index contributed by atoms with van der Waals surface area (Å²) in [5.74, 6) is -0.689. The minimum atomic E-state index is -0.367. The van der Waals surface area contributed by atoms with Gasteiger partial charge in [0.05, 0.1) is 17.9 Å². The van der Waals surface area contributed by atoms with Crippen molar-refractivity contribution in [3.8, 4) is 11.3 Å². The van der Waals surface area contributed by atoms with Gasteiger partial charge in [0.15, 0.2) is 16.3 Å². The van der Waals surface area contributed by atoms with E-state index in [-0.39, 0.29) is 52.9 Å². The maximum atomic E-state index is 13.6. The van der Waals surface area contributed by atoms with E-state index in [0.717, 1.165) is 22.9 Å². The number of halogens is 2. The topological polar surface area (TPSA) is 90.6 Å². The molecule has 0 aliphatic heterocycles. The number of fused-ring (bicyclic) bond motifs is 1. The number of rotatable bonds is 9. The number of benzene rings is 2. The normalized spacial score (nSPS) is 11.2. The third-order valence-electron chi connectivity index (χ3n) is 5.47. The van der Waals surface area contributed by atoms with Crippen LogP contribution in [0, 0.1) is 11.6 Å². The number of aryl methyl sites for hydroxylation is 1. The second-order valence-electron chi connectivity index (χ2n) is 8.10. The highest BCUT2D eigenvalue weighted by molar-refractivity contribution is 7.99. The van der Waals surface area contributed by atoms with E-state index in [1.807, 2.05) is 5.38 Å². The quantitative estimate of drug-likeness (QED) is 0.199. The van der Waals surface area contributed by atoms with Crippen LogP contribution in [0.5, 0.6) is 0 Å². The van der Waals surface area contributed by atoms with E-state index in [9.17, 15) is 18.4 Å². The highest BCUT2D eigenvalue weighted by Gasteiger charge is 2.16. The first-order valence-electron chi connectivity index (χ1n) is 11.3. The van der Waals surface area contributed by atoms with Crippen LogP contribution in [0.1, 0.15) is 10.6 Å². The van der Waals surface area contributed by atoms with Crippen LogP contribution < -0.4 is 5.56 Å². The second kappa shape index (κ2) is 11.1. The number of Topliss-reactive ketones (excluding diaryl/α,β-unsaturated/α-hetero) is 1. The monoisotopic (exact) mass is 535 g/mol. The molecule has 0 N–H and O–H groups in total. The van der Waals surface area contributed by atoms with Crippen molar-refractivity contribution in [1.82, 2.24) is 24.5 Å². The molecule has 0 spiro atoms. The minimum absolute atomic E-state index is 0.0731. The van der Waals surface area contributed by atoms with Crippen molar-refractivity contribution in [2.24, 2.45) is 0 Å². The van der Waals surface area contributed by atoms with Gasteiger partial charge in [-0.05, 0) is 48.4 Å². The van der Waals surface area contributed by atoms with Gasteiger partial charge in [0.25, 0.3) is 5.56 Å². The number of ketones is 1. The van der Waals surface area contributed by atoms with Gasteiger partial charge in [-0.3, -0.25) is 14.2 Å². The summed E-state index contributed by atoms with van der Waals surface area (Å²) < 4.78 is 28.2. The van der Waals surface area contributed by atoms with E-state index in [2.05, 4.69) is 19.9 Å². The van der Waals surface area contributed by atoms with Gasteiger partial charge in [-0.15, -0.1) is 11.3 Å². The predicted molar refractivity (Wildman–Crippen MR) is 139 cm³/mol. The first kappa shape index (κ1) is 24.8. The van der Waals surface area contributed by atoms with Crippen molar-refractivity contribution in [2.45, 2.75) is 24.5 Å². The summed E-state index contributed by atoms with van der Waals surface area (Å²) in [6.07, 6.45) is 3.40. The van der Waals surface area contributed by atoms with Crippen LogP contribution in [-0.4, -0.2) is 36.0 Å². The zero-order chi connectivity index (χ0) is 25.8. The number of hydrogen-bond donors (Lipinski definition) is 0. The Balaban J connectivity index is 1.31. The van der Waals surface area contributed by atoms with Crippen molar-refractivity contribution in [2.75, 3.05) is 5.75 Å². The smallest absolute Gasteiger partial charge is 0.282 e. The van der Waals surface area contributed by atoms with Gasteiger partial charge in [-0.2, -0.15) is 0 Å². The van der Waals surface area contributed by atoms with Gasteiger partial charge in [0, 0.05) is 29.9 Å². The van der Waals surface area contributed by atoms with Gasteiger partial charge >= 0.3 is 0 Å². The van der Waals surface area contributed by atoms with Gasteiger partial charge in [0.2, 0.25) is 0 Å². The highest BCUT2D eigenvalue weighted by atomic mass is 32.2. The molecule has 0 unspecified atom stereocenters. The Labute approximate surface area is 218 Å². The average molecular weight is 536 g/mol. The van der Waals surface area contributed by atoms with Crippen LogP contribution >= 0.6 is 23.1 Å². The standard InChI is InChI=1S/C26H19F2N5O2S2/c27-18-6-4-17(5-7-18)21-15-36-22(31-21)13-20(34)14-37-26-32-24-23(29-9-10-30-24)25(35)33(26)11-8-16-2-1-3-19(28)12-16/h1-7,9-10,12,15H,8,11,13-14H2. The Hall–Kier alpha value is -3.83. The van der Waals surface area contributed by atoms with E-state index in [4.69, 9.17) is 0 Å². The van der Waals surface area contributed by atoms with E-state index in [1.54, 1.807) is 24.3 Å². The van der Waals surface area contributed by atoms with Crippen LogP contribution in [-0.2, 0) is 24.2 Å². The lowest BCUT2D eigenvalue weighted by Crippen LogP contribution is -2.26. The van der Waals surface area contributed by atoms with E-state index in [1.165, 1.54) is 52.6 Å². The Morgan fingerprint density at radius 3 is 2.62 bits per heavy atom. The molecule has 3 heterocycles. The summed E-state index contributed by atoms with van der Waals surface area (Å²) in [6.45, 7) is 0.242. The Kier molecular flexibility index (Phi) is 7.42. The molecular formula is C26H19F2N5O2S2. The number of aromatic nitrogens is 5. The van der Waals surface area contributed by atoms with E-state index >= 15 is 0 Å². The van der Waals surface area contributed by atoms with Gasteiger partial charge in [-0.1, -0.05) is 23.9 Å². The lowest BCUT2D eigenvalue weighted by molar-refractivity contribution is -0.116. The summed E-state index contributed by atoms with van der Waals surface area (Å²) in [4.78, 5) is 43.1. The van der Waals surface area contributed by atoms with Crippen molar-refractivity contribution < 1.29 is 13.6 Å². The maximum Gasteiger partial charge on any atom is 0.282 e. The largest absolute Gasteiger partial charge is 0.298 e. The summed E-state index contributed by atoms with van der Waals surface area (Å²) >= 11 is 2.50. The molecular weight excluding hydrogens is 516 g/mol. The van der Waals surface area contributed by atoms with Crippen LogP contribution in [0.2, 0.25) is 0 Å². The summed E-state index contributed by atoms with van der Waals surface area (Å²) in [5, 5.41) is 2.82. The zero-order valence-corrected chi connectivity index (χ0v) is 20.9. The average Bonchev–Trinajstić information content (AvgIpc) is 3.36. The zero-order valence-electron chi connectivity index (χ0n) is 19.3. The fourth-order valence-corrected chi connectivity index (χ4v) is 5.38. The molecule has 0 amide bonds. The van der Waals surface area contributed by atoms with E-state index in [0.29, 0.717) is 22.3 Å². The predicted octanol–water partition coefficient (Wildman–Crippen LogP) is 4.73. The fraction of sp³-hybridized carbons (Fsp3) is 0.154. The molecule has 5 aromatic rings. The van der Waals surface area contributed by atoms with Crippen molar-refractivity contribution >= 4 is 40.0 Å². The summed E-state index contributed by atoms with van der Waals surface area (Å²) in [6, 6.07) is 12.2. The number of nitrogens with zero attached hydrogens (tertiary/aromatic N) is 5. The highest BCUT2D eigenvalue weighted by Crippen LogP contribution is 2.23. The number of carbonyl (C=O) groups is 1. The molecule has 3 aromatic heterocycles. The molecule has 0 aliphatic carbocycles. The molecule has 0 bridgehead atoms. The van der Waals surface area contributed by atoms with Crippen molar-refractivity contribution in [1.29, 1.82) is 0 Å². The number of thiazole rings is 1. The van der Waals surface area contributed by atoms with Crippen LogP contribution in [0.15, 0.2) is 76.3 Å². The second-order valence-corrected chi connectivity index (χ2v) is 9.98. The third kappa shape index (κ3) is 5.95. The van der Waals surface area contributed by atoms with Gasteiger partial charge in [0.1, 0.15) is 22.4 Å². The maximum absolute atomic E-state index is 13.6. The Morgan fingerprint density at radius 1 is 1.00 bits per heavy atom. The van der Waals surface area contributed by atoms with Crippen LogP contribution in [0.4, 0.5) is 8.78 Å². The van der Waals surface area contributed by atoms with Gasteiger partial charge in [-0.25, -0.2) is 28.7 Å². The molecule has 186 valence electrons. The lowest BCUT2D eigenvalue weighted by Gasteiger charge is -2.12. The molecule has 11 heteroatoms. The van der Waals surface area contributed by atoms with Crippen molar-refractivity contribution in [3.63, 3.8) is 0 Å². The fourth-order valence-electron chi connectivity index (χ4n) is 3.68. The molecule has 5 rings (SSSR count).